The number of hydrogen-bond acceptors (Lipinski definition) is 8. The Bertz CT molecular complexity index is 1190. The number of nitrogens with one attached hydrogen (secondary N) is 1. The molecule has 32 heavy (non-hydrogen) atoms. The summed E-state index contributed by atoms with van der Waals surface area (Å²) in [6.07, 6.45) is 3.22. The second kappa shape index (κ2) is 9.47. The number of carbonyl (C=O) groups is 1. The lowest BCUT2D eigenvalue weighted by Gasteiger charge is -2.26. The highest BCUT2D eigenvalue weighted by molar-refractivity contribution is 7.89. The molecule has 0 atom stereocenters. The molecule has 1 fully saturated rings. The van der Waals surface area contributed by atoms with Crippen molar-refractivity contribution in [3.05, 3.63) is 54.5 Å². The van der Waals surface area contributed by atoms with Crippen molar-refractivity contribution in [3.63, 3.8) is 0 Å². The topological polar surface area (TPSA) is 124 Å². The summed E-state index contributed by atoms with van der Waals surface area (Å²) < 4.78 is 43.4. The third-order valence-corrected chi connectivity index (χ3v) is 6.69. The summed E-state index contributed by atoms with van der Waals surface area (Å²) in [6.45, 7) is 3.35. The predicted molar refractivity (Wildman–Crippen MR) is 115 cm³/mol. The number of rotatable bonds is 7. The van der Waals surface area contributed by atoms with Gasteiger partial charge in [0.05, 0.1) is 30.4 Å². The maximum absolute atomic E-state index is 13.0. The smallest absolute Gasteiger partial charge is 0.277 e. The average Bonchev–Trinajstić information content (AvgIpc) is 3.32. The lowest BCUT2D eigenvalue weighted by atomic mass is 10.2. The van der Waals surface area contributed by atoms with Gasteiger partial charge in [-0.25, -0.2) is 8.42 Å². The molecule has 0 spiro atoms. The van der Waals surface area contributed by atoms with Crippen LogP contribution in [0.2, 0.25) is 0 Å². The Labute approximate surface area is 185 Å². The lowest BCUT2D eigenvalue weighted by Crippen LogP contribution is -2.40. The number of pyridine rings is 1. The summed E-state index contributed by atoms with van der Waals surface area (Å²) in [7, 11) is -3.74. The molecule has 11 heteroatoms. The second-order valence-electron chi connectivity index (χ2n) is 6.88. The number of nitrogens with zero attached hydrogens (tertiary/aromatic N) is 3. The molecule has 3 aromatic rings. The minimum Gasteiger partial charge on any atom is -0.492 e. The van der Waals surface area contributed by atoms with E-state index in [1.807, 2.05) is 0 Å². The maximum atomic E-state index is 13.0. The van der Waals surface area contributed by atoms with E-state index in [9.17, 15) is 13.2 Å². The molecule has 168 valence electrons. The Morgan fingerprint density at radius 3 is 2.75 bits per heavy atom. The largest absolute Gasteiger partial charge is 0.492 e. The van der Waals surface area contributed by atoms with Gasteiger partial charge in [-0.2, -0.15) is 4.31 Å². The van der Waals surface area contributed by atoms with Crippen LogP contribution in [0.5, 0.6) is 5.75 Å². The number of amides is 1. The third-order valence-electron chi connectivity index (χ3n) is 4.80. The number of sulfonamides is 1. The van der Waals surface area contributed by atoms with Crippen LogP contribution in [-0.4, -0.2) is 61.7 Å². The zero-order chi connectivity index (χ0) is 22.6. The summed E-state index contributed by atoms with van der Waals surface area (Å²) >= 11 is 0. The van der Waals surface area contributed by atoms with Gasteiger partial charge in [0.2, 0.25) is 10.0 Å². The van der Waals surface area contributed by atoms with Crippen molar-refractivity contribution in [2.24, 2.45) is 0 Å². The van der Waals surface area contributed by atoms with Gasteiger partial charge in [0.25, 0.3) is 5.91 Å². The first kappa shape index (κ1) is 21.9. The number of morpholine rings is 1. The van der Waals surface area contributed by atoms with Crippen LogP contribution < -0.4 is 10.1 Å². The summed E-state index contributed by atoms with van der Waals surface area (Å²) in [4.78, 5) is 16.9. The van der Waals surface area contributed by atoms with E-state index in [1.54, 1.807) is 31.5 Å². The Morgan fingerprint density at radius 1 is 1.22 bits per heavy atom. The monoisotopic (exact) mass is 458 g/mol. The van der Waals surface area contributed by atoms with Gasteiger partial charge in [-0.05, 0) is 37.3 Å². The summed E-state index contributed by atoms with van der Waals surface area (Å²) in [5.41, 5.74) is 0.928. The van der Waals surface area contributed by atoms with E-state index >= 15 is 0 Å². The molecule has 0 saturated carbocycles. The standard InChI is InChI=1S/C21H22N4O6S/c1-2-30-19-6-5-16(32(27,28)25-8-10-29-11-9-25)12-17(19)23-21(26)18-13-20(31-24-18)15-4-3-7-22-14-15/h3-7,12-14H,2,8-11H2,1H3,(H,23,26). The normalized spacial score (nSPS) is 14.8. The van der Waals surface area contributed by atoms with Crippen molar-refractivity contribution in [3.8, 4) is 17.1 Å². The lowest BCUT2D eigenvalue weighted by molar-refractivity contribution is 0.0730. The zero-order valence-electron chi connectivity index (χ0n) is 17.4. The molecular formula is C21H22N4O6S. The second-order valence-corrected chi connectivity index (χ2v) is 8.82. The Kier molecular flexibility index (Phi) is 6.49. The van der Waals surface area contributed by atoms with Crippen molar-refractivity contribution >= 4 is 21.6 Å². The zero-order valence-corrected chi connectivity index (χ0v) is 18.2. The molecule has 1 saturated heterocycles. The van der Waals surface area contributed by atoms with E-state index in [0.717, 1.165) is 0 Å². The molecule has 1 aliphatic heterocycles. The number of carbonyl (C=O) groups excluding carboxylic acids is 1. The number of hydrogen-bond donors (Lipinski definition) is 1. The molecular weight excluding hydrogens is 436 g/mol. The van der Waals surface area contributed by atoms with Crippen LogP contribution in [0.3, 0.4) is 0 Å². The van der Waals surface area contributed by atoms with Crippen LogP contribution in [0.4, 0.5) is 5.69 Å². The fraction of sp³-hybridized carbons (Fsp3) is 0.286. The maximum Gasteiger partial charge on any atom is 0.277 e. The fourth-order valence-corrected chi connectivity index (χ4v) is 4.63. The number of anilines is 1. The van der Waals surface area contributed by atoms with Crippen molar-refractivity contribution in [1.82, 2.24) is 14.4 Å². The van der Waals surface area contributed by atoms with Crippen LogP contribution in [0.25, 0.3) is 11.3 Å². The number of ether oxygens (including phenoxy) is 2. The van der Waals surface area contributed by atoms with E-state index in [0.29, 0.717) is 36.9 Å². The van der Waals surface area contributed by atoms with Gasteiger partial charge < -0.3 is 19.3 Å². The molecule has 10 nitrogen and oxygen atoms in total. The van der Waals surface area contributed by atoms with Crippen molar-refractivity contribution in [1.29, 1.82) is 0 Å². The van der Waals surface area contributed by atoms with Gasteiger partial charge >= 0.3 is 0 Å². The molecule has 0 aliphatic carbocycles. The van der Waals surface area contributed by atoms with Gasteiger partial charge in [0.1, 0.15) is 5.75 Å². The minimum absolute atomic E-state index is 0.0349. The Morgan fingerprint density at radius 2 is 2.03 bits per heavy atom. The van der Waals surface area contributed by atoms with E-state index < -0.39 is 15.9 Å². The van der Waals surface area contributed by atoms with Gasteiger partial charge in [0.15, 0.2) is 11.5 Å². The molecule has 0 radical (unpaired) electrons. The third kappa shape index (κ3) is 4.64. The van der Waals surface area contributed by atoms with Gasteiger partial charge in [-0.1, -0.05) is 5.16 Å². The van der Waals surface area contributed by atoms with Gasteiger partial charge in [0, 0.05) is 37.1 Å². The van der Waals surface area contributed by atoms with Crippen LogP contribution in [-0.2, 0) is 14.8 Å². The van der Waals surface area contributed by atoms with Crippen LogP contribution >= 0.6 is 0 Å². The highest BCUT2D eigenvalue weighted by Gasteiger charge is 2.27. The number of benzene rings is 1. The highest BCUT2D eigenvalue weighted by atomic mass is 32.2. The van der Waals surface area contributed by atoms with E-state index in [2.05, 4.69) is 15.5 Å². The predicted octanol–water partition coefficient (Wildman–Crippen LogP) is 2.41. The Balaban J connectivity index is 1.60. The molecule has 3 heterocycles. The molecule has 0 unspecified atom stereocenters. The molecule has 1 aromatic carbocycles. The number of aromatic nitrogens is 2. The Hall–Kier alpha value is -3.28. The quantitative estimate of drug-likeness (QED) is 0.572. The minimum atomic E-state index is -3.74. The van der Waals surface area contributed by atoms with Gasteiger partial charge in [-0.3, -0.25) is 9.78 Å². The van der Waals surface area contributed by atoms with Crippen LogP contribution in [0.15, 0.2) is 58.2 Å². The highest BCUT2D eigenvalue weighted by Crippen LogP contribution is 2.30. The first-order chi connectivity index (χ1) is 15.5. The SMILES string of the molecule is CCOc1ccc(S(=O)(=O)N2CCOCC2)cc1NC(=O)c1cc(-c2cccnc2)on1. The molecule has 0 bridgehead atoms. The van der Waals surface area contributed by atoms with Crippen molar-refractivity contribution in [2.45, 2.75) is 11.8 Å². The average molecular weight is 458 g/mol. The summed E-state index contributed by atoms with van der Waals surface area (Å²) in [5, 5.41) is 6.50. The van der Waals surface area contributed by atoms with Gasteiger partial charge in [-0.15, -0.1) is 0 Å². The first-order valence-electron chi connectivity index (χ1n) is 10.0. The molecule has 1 aliphatic rings. The molecule has 2 aromatic heterocycles. The van der Waals surface area contributed by atoms with Crippen LogP contribution in [0.1, 0.15) is 17.4 Å². The first-order valence-corrected chi connectivity index (χ1v) is 11.5. The summed E-state index contributed by atoms with van der Waals surface area (Å²) in [5.74, 6) is 0.167. The van der Waals surface area contributed by atoms with Crippen molar-refractivity contribution in [2.75, 3.05) is 38.2 Å². The van der Waals surface area contributed by atoms with E-state index in [1.165, 1.54) is 28.6 Å². The van der Waals surface area contributed by atoms with E-state index in [4.69, 9.17) is 14.0 Å². The molecule has 4 rings (SSSR count). The summed E-state index contributed by atoms with van der Waals surface area (Å²) in [6, 6.07) is 9.38. The van der Waals surface area contributed by atoms with Crippen molar-refractivity contribution < 1.29 is 27.2 Å². The molecule has 1 amide bonds. The van der Waals surface area contributed by atoms with Crippen LogP contribution in [0, 0.1) is 0 Å². The van der Waals surface area contributed by atoms with E-state index in [-0.39, 0.29) is 29.4 Å². The fourth-order valence-electron chi connectivity index (χ4n) is 3.20. The molecule has 1 N–H and O–H groups in total.